The summed E-state index contributed by atoms with van der Waals surface area (Å²) < 4.78 is 4.67. The fourth-order valence-electron chi connectivity index (χ4n) is 2.34. The van der Waals surface area contributed by atoms with Gasteiger partial charge in [-0.1, -0.05) is 18.2 Å². The van der Waals surface area contributed by atoms with E-state index in [-0.39, 0.29) is 24.8 Å². The average Bonchev–Trinajstić information content (AvgIpc) is 2.62. The van der Waals surface area contributed by atoms with Crippen molar-refractivity contribution in [1.82, 2.24) is 0 Å². The van der Waals surface area contributed by atoms with Crippen LogP contribution in [0.4, 0.5) is 17.1 Å². The molecule has 24 heavy (non-hydrogen) atoms. The Kier molecular flexibility index (Phi) is 5.78. The number of nitrogens with one attached hydrogen (secondary N) is 1. The molecule has 126 valence electrons. The van der Waals surface area contributed by atoms with Crippen molar-refractivity contribution in [2.24, 2.45) is 0 Å². The van der Waals surface area contributed by atoms with Crippen LogP contribution in [-0.2, 0) is 9.53 Å². The van der Waals surface area contributed by atoms with Crippen LogP contribution in [0, 0.1) is 0 Å². The standard InChI is InChI=1S/C18H21N3O3/c1-20-16-9-8-13(12-15(16)19)18(23)21(11-10-17(22)24-2)14-6-4-3-5-7-14/h3-9,12,20H,10-11,19H2,1-2H3. The summed E-state index contributed by atoms with van der Waals surface area (Å²) >= 11 is 0. The van der Waals surface area contributed by atoms with Gasteiger partial charge in [-0.2, -0.15) is 0 Å². The molecule has 6 heteroatoms. The number of esters is 1. The van der Waals surface area contributed by atoms with Crippen LogP contribution in [0.15, 0.2) is 48.5 Å². The molecule has 2 rings (SSSR count). The summed E-state index contributed by atoms with van der Waals surface area (Å²) in [4.78, 5) is 25.9. The number of para-hydroxylation sites is 1. The summed E-state index contributed by atoms with van der Waals surface area (Å²) in [7, 11) is 3.09. The number of benzene rings is 2. The smallest absolute Gasteiger partial charge is 0.307 e. The highest BCUT2D eigenvalue weighted by Crippen LogP contribution is 2.22. The Bertz CT molecular complexity index is 717. The van der Waals surface area contributed by atoms with E-state index >= 15 is 0 Å². The van der Waals surface area contributed by atoms with E-state index in [4.69, 9.17) is 5.73 Å². The molecule has 0 fully saturated rings. The lowest BCUT2D eigenvalue weighted by molar-refractivity contribution is -0.140. The van der Waals surface area contributed by atoms with Crippen molar-refractivity contribution in [3.05, 3.63) is 54.1 Å². The van der Waals surface area contributed by atoms with Crippen molar-refractivity contribution in [2.45, 2.75) is 6.42 Å². The molecule has 0 atom stereocenters. The van der Waals surface area contributed by atoms with Gasteiger partial charge in [-0.15, -0.1) is 0 Å². The predicted octanol–water partition coefficient (Wildman–Crippen LogP) is 2.52. The van der Waals surface area contributed by atoms with Crippen LogP contribution in [0.3, 0.4) is 0 Å². The minimum atomic E-state index is -0.367. The number of amides is 1. The van der Waals surface area contributed by atoms with E-state index in [1.807, 2.05) is 30.3 Å². The van der Waals surface area contributed by atoms with Crippen LogP contribution in [0.1, 0.15) is 16.8 Å². The van der Waals surface area contributed by atoms with Crippen LogP contribution in [-0.4, -0.2) is 32.6 Å². The number of ether oxygens (including phenoxy) is 1. The number of nitrogens with zero attached hydrogens (tertiary/aromatic N) is 1. The number of nitrogen functional groups attached to an aromatic ring is 1. The van der Waals surface area contributed by atoms with Crippen LogP contribution < -0.4 is 16.0 Å². The maximum Gasteiger partial charge on any atom is 0.307 e. The van der Waals surface area contributed by atoms with Gasteiger partial charge in [0.05, 0.1) is 24.9 Å². The van der Waals surface area contributed by atoms with Crippen molar-refractivity contribution in [3.63, 3.8) is 0 Å². The van der Waals surface area contributed by atoms with Gasteiger partial charge in [0.1, 0.15) is 0 Å². The molecule has 0 saturated carbocycles. The van der Waals surface area contributed by atoms with E-state index in [0.717, 1.165) is 5.69 Å². The lowest BCUT2D eigenvalue weighted by Crippen LogP contribution is -2.33. The van der Waals surface area contributed by atoms with Gasteiger partial charge in [0.2, 0.25) is 0 Å². The van der Waals surface area contributed by atoms with Gasteiger partial charge < -0.3 is 20.7 Å². The number of hydrogen-bond acceptors (Lipinski definition) is 5. The molecule has 0 bridgehead atoms. The van der Waals surface area contributed by atoms with E-state index in [2.05, 4.69) is 10.1 Å². The van der Waals surface area contributed by atoms with Crippen molar-refractivity contribution in [1.29, 1.82) is 0 Å². The van der Waals surface area contributed by atoms with Gasteiger partial charge in [0, 0.05) is 24.8 Å². The predicted molar refractivity (Wildman–Crippen MR) is 95.2 cm³/mol. The van der Waals surface area contributed by atoms with Gasteiger partial charge >= 0.3 is 5.97 Å². The minimum Gasteiger partial charge on any atom is -0.469 e. The Morgan fingerprint density at radius 2 is 1.88 bits per heavy atom. The maximum atomic E-state index is 12.9. The SMILES string of the molecule is CNc1ccc(C(=O)N(CCC(=O)OC)c2ccccc2)cc1N. The van der Waals surface area contributed by atoms with Crippen molar-refractivity contribution in [2.75, 3.05) is 36.7 Å². The normalized spacial score (nSPS) is 10.1. The monoisotopic (exact) mass is 327 g/mol. The molecule has 0 aliphatic heterocycles. The van der Waals surface area contributed by atoms with Crippen molar-refractivity contribution < 1.29 is 14.3 Å². The molecule has 6 nitrogen and oxygen atoms in total. The zero-order valence-electron chi connectivity index (χ0n) is 13.8. The lowest BCUT2D eigenvalue weighted by Gasteiger charge is -2.23. The molecule has 0 aromatic heterocycles. The van der Waals surface area contributed by atoms with Gasteiger partial charge in [0.15, 0.2) is 0 Å². The summed E-state index contributed by atoms with van der Waals surface area (Å²) in [6, 6.07) is 14.3. The fourth-order valence-corrected chi connectivity index (χ4v) is 2.34. The third-order valence-corrected chi connectivity index (χ3v) is 3.65. The molecule has 0 unspecified atom stereocenters. The Labute approximate surface area is 141 Å². The number of hydrogen-bond donors (Lipinski definition) is 2. The largest absolute Gasteiger partial charge is 0.469 e. The first kappa shape index (κ1) is 17.3. The number of methoxy groups -OCH3 is 1. The average molecular weight is 327 g/mol. The number of carbonyl (C=O) groups excluding carboxylic acids is 2. The highest BCUT2D eigenvalue weighted by Gasteiger charge is 2.19. The Balaban J connectivity index is 2.30. The second-order valence-corrected chi connectivity index (χ2v) is 5.17. The number of anilines is 3. The number of rotatable bonds is 6. The highest BCUT2D eigenvalue weighted by atomic mass is 16.5. The molecule has 0 saturated heterocycles. The maximum absolute atomic E-state index is 12.9. The molecule has 0 aliphatic rings. The van der Waals surface area contributed by atoms with E-state index < -0.39 is 0 Å². The highest BCUT2D eigenvalue weighted by molar-refractivity contribution is 6.07. The number of nitrogens with two attached hydrogens (primary N) is 1. The topological polar surface area (TPSA) is 84.7 Å². The van der Waals surface area contributed by atoms with Gasteiger partial charge in [-0.05, 0) is 30.3 Å². The first-order chi connectivity index (χ1) is 11.6. The summed E-state index contributed by atoms with van der Waals surface area (Å²) in [5, 5.41) is 2.96. The lowest BCUT2D eigenvalue weighted by atomic mass is 10.1. The zero-order chi connectivity index (χ0) is 17.5. The van der Waals surface area contributed by atoms with Gasteiger partial charge in [0.25, 0.3) is 5.91 Å². The van der Waals surface area contributed by atoms with Crippen LogP contribution in [0.25, 0.3) is 0 Å². The summed E-state index contributed by atoms with van der Waals surface area (Å²) in [5.41, 5.74) is 8.36. The van der Waals surface area contributed by atoms with Crippen molar-refractivity contribution in [3.8, 4) is 0 Å². The number of carbonyl (C=O) groups is 2. The van der Waals surface area contributed by atoms with Crippen molar-refractivity contribution >= 4 is 28.9 Å². The Morgan fingerprint density at radius 1 is 1.17 bits per heavy atom. The molecule has 0 heterocycles. The molecular weight excluding hydrogens is 306 g/mol. The van der Waals surface area contributed by atoms with Gasteiger partial charge in [-0.25, -0.2) is 0 Å². The summed E-state index contributed by atoms with van der Waals surface area (Å²) in [6.45, 7) is 0.225. The summed E-state index contributed by atoms with van der Waals surface area (Å²) in [6.07, 6.45) is 0.112. The Morgan fingerprint density at radius 3 is 2.46 bits per heavy atom. The van der Waals surface area contributed by atoms with E-state index in [1.165, 1.54) is 7.11 Å². The molecule has 3 N–H and O–H groups in total. The quantitative estimate of drug-likeness (QED) is 0.629. The first-order valence-electron chi connectivity index (χ1n) is 7.58. The molecular formula is C18H21N3O3. The molecule has 2 aromatic rings. The second-order valence-electron chi connectivity index (χ2n) is 5.17. The minimum absolute atomic E-state index is 0.112. The molecule has 0 aliphatic carbocycles. The summed E-state index contributed by atoms with van der Waals surface area (Å²) in [5.74, 6) is -0.590. The first-order valence-corrected chi connectivity index (χ1v) is 7.58. The third kappa shape index (κ3) is 4.04. The van der Waals surface area contributed by atoms with Crippen LogP contribution >= 0.6 is 0 Å². The zero-order valence-corrected chi connectivity index (χ0v) is 13.8. The molecule has 0 radical (unpaired) electrons. The van der Waals surface area contributed by atoms with Crippen LogP contribution in [0.5, 0.6) is 0 Å². The molecule has 2 aromatic carbocycles. The van der Waals surface area contributed by atoms with E-state index in [0.29, 0.717) is 16.9 Å². The van der Waals surface area contributed by atoms with Gasteiger partial charge in [-0.3, -0.25) is 9.59 Å². The Hall–Kier alpha value is -3.02. The molecule has 1 amide bonds. The second kappa shape index (κ2) is 8.01. The fraction of sp³-hybridized carbons (Fsp3) is 0.222. The third-order valence-electron chi connectivity index (χ3n) is 3.65. The van der Waals surface area contributed by atoms with E-state index in [9.17, 15) is 9.59 Å². The van der Waals surface area contributed by atoms with E-state index in [1.54, 1.807) is 30.1 Å². The van der Waals surface area contributed by atoms with Crippen LogP contribution in [0.2, 0.25) is 0 Å². The molecule has 0 spiro atoms.